The van der Waals surface area contributed by atoms with Crippen LogP contribution in [0.1, 0.15) is 51.9 Å². The Balaban J connectivity index is 1.53. The monoisotopic (exact) mass is 265 g/mol. The summed E-state index contributed by atoms with van der Waals surface area (Å²) in [6.45, 7) is 7.35. The molecule has 0 radical (unpaired) electrons. The Morgan fingerprint density at radius 1 is 1.11 bits per heavy atom. The Morgan fingerprint density at radius 3 is 2.84 bits per heavy atom. The molecule has 1 aliphatic carbocycles. The van der Waals surface area contributed by atoms with Crippen LogP contribution < -0.4 is 10.6 Å². The van der Waals surface area contributed by atoms with E-state index in [1.165, 1.54) is 71.1 Å². The summed E-state index contributed by atoms with van der Waals surface area (Å²) >= 11 is 0. The molecule has 0 bridgehead atoms. The Kier molecular flexibility index (Phi) is 4.78. The zero-order valence-electron chi connectivity index (χ0n) is 12.5. The Morgan fingerprint density at radius 2 is 2.05 bits per heavy atom. The minimum absolute atomic E-state index is 0.751. The highest BCUT2D eigenvalue weighted by atomic mass is 15.2. The lowest BCUT2D eigenvalue weighted by molar-refractivity contribution is 0.178. The fraction of sp³-hybridized carbons (Fsp3) is 1.00. The van der Waals surface area contributed by atoms with E-state index in [-0.39, 0.29) is 0 Å². The van der Waals surface area contributed by atoms with Crippen molar-refractivity contribution in [1.82, 2.24) is 15.5 Å². The Hall–Kier alpha value is -0.120. The molecule has 2 saturated heterocycles. The van der Waals surface area contributed by atoms with Gasteiger partial charge in [0.25, 0.3) is 0 Å². The van der Waals surface area contributed by atoms with Gasteiger partial charge in [-0.05, 0) is 64.1 Å². The molecular weight excluding hydrogens is 234 g/mol. The minimum atomic E-state index is 0.751. The number of rotatable bonds is 4. The standard InChI is InChI=1S/C16H31N3/c1-2-19-11-5-6-13(12-19)18-16-8-3-7-14(16)15-9-4-10-17-15/h13-18H,2-12H2,1H3. The van der Waals surface area contributed by atoms with Crippen molar-refractivity contribution in [3.8, 4) is 0 Å². The molecule has 0 amide bonds. The van der Waals surface area contributed by atoms with Gasteiger partial charge in [0.05, 0.1) is 0 Å². The molecule has 0 aromatic rings. The summed E-state index contributed by atoms with van der Waals surface area (Å²) in [7, 11) is 0. The second-order valence-corrected chi connectivity index (χ2v) is 6.80. The van der Waals surface area contributed by atoms with Crippen molar-refractivity contribution in [2.45, 2.75) is 70.0 Å². The van der Waals surface area contributed by atoms with E-state index >= 15 is 0 Å². The maximum Gasteiger partial charge on any atom is 0.0198 e. The second-order valence-electron chi connectivity index (χ2n) is 6.80. The van der Waals surface area contributed by atoms with E-state index in [0.29, 0.717) is 0 Å². The second kappa shape index (κ2) is 6.55. The van der Waals surface area contributed by atoms with Crippen LogP contribution >= 0.6 is 0 Å². The SMILES string of the molecule is CCN1CCCC(NC2CCCC2C2CCCN2)C1. The maximum atomic E-state index is 4.03. The van der Waals surface area contributed by atoms with Crippen molar-refractivity contribution < 1.29 is 0 Å². The quantitative estimate of drug-likeness (QED) is 0.814. The van der Waals surface area contributed by atoms with Gasteiger partial charge in [-0.1, -0.05) is 13.3 Å². The fourth-order valence-corrected chi connectivity index (χ4v) is 4.54. The highest BCUT2D eigenvalue weighted by Gasteiger charge is 2.36. The first kappa shape index (κ1) is 13.8. The van der Waals surface area contributed by atoms with Crippen LogP contribution in [0.15, 0.2) is 0 Å². The van der Waals surface area contributed by atoms with E-state index in [1.54, 1.807) is 0 Å². The predicted molar refractivity (Wildman–Crippen MR) is 80.4 cm³/mol. The van der Waals surface area contributed by atoms with Crippen molar-refractivity contribution in [3.05, 3.63) is 0 Å². The summed E-state index contributed by atoms with van der Waals surface area (Å²) < 4.78 is 0. The number of hydrogen-bond donors (Lipinski definition) is 2. The van der Waals surface area contributed by atoms with Crippen LogP contribution in [0.3, 0.4) is 0 Å². The lowest BCUT2D eigenvalue weighted by Crippen LogP contribution is -2.52. The molecule has 2 N–H and O–H groups in total. The lowest BCUT2D eigenvalue weighted by Gasteiger charge is -2.36. The van der Waals surface area contributed by atoms with Crippen molar-refractivity contribution in [2.75, 3.05) is 26.2 Å². The molecule has 4 atom stereocenters. The van der Waals surface area contributed by atoms with E-state index in [0.717, 1.165) is 24.0 Å². The third-order valence-electron chi connectivity index (χ3n) is 5.59. The number of likely N-dealkylation sites (N-methyl/N-ethyl adjacent to an activating group) is 1. The number of nitrogens with one attached hydrogen (secondary N) is 2. The zero-order valence-corrected chi connectivity index (χ0v) is 12.5. The smallest absolute Gasteiger partial charge is 0.0198 e. The average Bonchev–Trinajstić information content (AvgIpc) is 3.09. The largest absolute Gasteiger partial charge is 0.314 e. The van der Waals surface area contributed by atoms with Crippen LogP contribution in [0.25, 0.3) is 0 Å². The van der Waals surface area contributed by atoms with Gasteiger partial charge >= 0.3 is 0 Å². The molecule has 0 aromatic heterocycles. The van der Waals surface area contributed by atoms with Gasteiger partial charge < -0.3 is 15.5 Å². The Bertz CT molecular complexity index is 275. The minimum Gasteiger partial charge on any atom is -0.314 e. The Labute approximate surface area is 118 Å². The van der Waals surface area contributed by atoms with Crippen LogP contribution in [-0.4, -0.2) is 49.2 Å². The molecule has 3 heteroatoms. The molecule has 1 saturated carbocycles. The van der Waals surface area contributed by atoms with Gasteiger partial charge in [-0.15, -0.1) is 0 Å². The first-order chi connectivity index (χ1) is 9.36. The van der Waals surface area contributed by atoms with Crippen LogP contribution in [0.4, 0.5) is 0 Å². The first-order valence-electron chi connectivity index (χ1n) is 8.58. The summed E-state index contributed by atoms with van der Waals surface area (Å²) in [4.78, 5) is 2.61. The zero-order chi connectivity index (χ0) is 13.1. The third kappa shape index (κ3) is 3.32. The van der Waals surface area contributed by atoms with E-state index in [2.05, 4.69) is 22.5 Å². The summed E-state index contributed by atoms with van der Waals surface area (Å²) in [5.41, 5.74) is 0. The molecule has 3 rings (SSSR count). The fourth-order valence-electron chi connectivity index (χ4n) is 4.54. The number of hydrogen-bond acceptors (Lipinski definition) is 3. The molecule has 2 aliphatic heterocycles. The van der Waals surface area contributed by atoms with Gasteiger partial charge in [0.15, 0.2) is 0 Å². The van der Waals surface area contributed by atoms with Crippen molar-refractivity contribution in [3.63, 3.8) is 0 Å². The average molecular weight is 265 g/mol. The number of nitrogens with zero attached hydrogens (tertiary/aromatic N) is 1. The molecule has 3 aliphatic rings. The molecule has 0 aromatic carbocycles. The van der Waals surface area contributed by atoms with E-state index in [4.69, 9.17) is 0 Å². The molecule has 4 unspecified atom stereocenters. The van der Waals surface area contributed by atoms with Gasteiger partial charge in [0.2, 0.25) is 0 Å². The van der Waals surface area contributed by atoms with E-state index in [9.17, 15) is 0 Å². The molecule has 3 fully saturated rings. The molecule has 0 spiro atoms. The van der Waals surface area contributed by atoms with Gasteiger partial charge in [-0.3, -0.25) is 0 Å². The van der Waals surface area contributed by atoms with Gasteiger partial charge in [0.1, 0.15) is 0 Å². The highest BCUT2D eigenvalue weighted by molar-refractivity contribution is 4.95. The van der Waals surface area contributed by atoms with Crippen LogP contribution in [0.2, 0.25) is 0 Å². The summed E-state index contributed by atoms with van der Waals surface area (Å²) in [6.07, 6.45) is 9.85. The molecule has 2 heterocycles. The van der Waals surface area contributed by atoms with Gasteiger partial charge in [-0.25, -0.2) is 0 Å². The molecule has 3 nitrogen and oxygen atoms in total. The highest BCUT2D eigenvalue weighted by Crippen LogP contribution is 2.32. The normalized spacial score (nSPS) is 40.9. The summed E-state index contributed by atoms with van der Waals surface area (Å²) in [5.74, 6) is 0.902. The third-order valence-corrected chi connectivity index (χ3v) is 5.59. The predicted octanol–water partition coefficient (Wildman–Crippen LogP) is 1.98. The molecule has 110 valence electrons. The van der Waals surface area contributed by atoms with E-state index < -0.39 is 0 Å². The van der Waals surface area contributed by atoms with Crippen molar-refractivity contribution >= 4 is 0 Å². The number of piperidine rings is 1. The topological polar surface area (TPSA) is 27.3 Å². The number of likely N-dealkylation sites (tertiary alicyclic amines) is 1. The van der Waals surface area contributed by atoms with Crippen molar-refractivity contribution in [1.29, 1.82) is 0 Å². The van der Waals surface area contributed by atoms with Crippen LogP contribution in [0, 0.1) is 5.92 Å². The van der Waals surface area contributed by atoms with E-state index in [1.807, 2.05) is 0 Å². The lowest BCUT2D eigenvalue weighted by atomic mass is 9.92. The van der Waals surface area contributed by atoms with Crippen molar-refractivity contribution in [2.24, 2.45) is 5.92 Å². The maximum absolute atomic E-state index is 4.03. The summed E-state index contributed by atoms with van der Waals surface area (Å²) in [6, 6.07) is 2.35. The first-order valence-corrected chi connectivity index (χ1v) is 8.58. The molecule has 19 heavy (non-hydrogen) atoms. The van der Waals surface area contributed by atoms with Gasteiger partial charge in [0, 0.05) is 24.7 Å². The van der Waals surface area contributed by atoms with Crippen LogP contribution in [-0.2, 0) is 0 Å². The van der Waals surface area contributed by atoms with Gasteiger partial charge in [-0.2, -0.15) is 0 Å². The molecular formula is C16H31N3. The summed E-state index contributed by atoms with van der Waals surface area (Å²) in [5, 5.41) is 7.76. The van der Waals surface area contributed by atoms with Crippen LogP contribution in [0.5, 0.6) is 0 Å².